The zero-order chi connectivity index (χ0) is 13.3. The minimum atomic E-state index is -0.512. The molecule has 0 aliphatic rings. The molecule has 18 heavy (non-hydrogen) atoms. The summed E-state index contributed by atoms with van der Waals surface area (Å²) in [6, 6.07) is 2.02. The standard InChI is InChI=1S/C11H7BrClN3O2/c1-18-11(17)7-4-15-16-5-8(12)9(13)6(2-3-14)10(7)16/h4-5H,2H2,1H3. The molecule has 0 aliphatic heterocycles. The summed E-state index contributed by atoms with van der Waals surface area (Å²) in [6.45, 7) is 0. The second-order valence-corrected chi connectivity index (χ2v) is 4.68. The average molecular weight is 329 g/mol. The number of nitrogens with zero attached hydrogens (tertiary/aromatic N) is 3. The Morgan fingerprint density at radius 1 is 1.72 bits per heavy atom. The van der Waals surface area contributed by atoms with Crippen LogP contribution in [0.25, 0.3) is 5.52 Å². The molecule has 0 amide bonds. The van der Waals surface area contributed by atoms with Gasteiger partial charge in [0, 0.05) is 11.8 Å². The van der Waals surface area contributed by atoms with Crippen LogP contribution in [0.15, 0.2) is 16.9 Å². The fourth-order valence-corrected chi connectivity index (χ4v) is 2.31. The van der Waals surface area contributed by atoms with Crippen molar-refractivity contribution in [2.75, 3.05) is 7.11 Å². The molecular weight excluding hydrogens is 321 g/mol. The molecule has 0 aliphatic carbocycles. The third kappa shape index (κ3) is 1.96. The van der Waals surface area contributed by atoms with E-state index in [0.717, 1.165) is 0 Å². The van der Waals surface area contributed by atoms with Gasteiger partial charge in [0.15, 0.2) is 0 Å². The highest BCUT2D eigenvalue weighted by atomic mass is 79.9. The molecule has 0 spiro atoms. The summed E-state index contributed by atoms with van der Waals surface area (Å²) in [5, 5.41) is 13.3. The zero-order valence-corrected chi connectivity index (χ0v) is 11.6. The van der Waals surface area contributed by atoms with Crippen LogP contribution in [0.2, 0.25) is 5.02 Å². The first kappa shape index (κ1) is 12.9. The van der Waals surface area contributed by atoms with Gasteiger partial charge in [-0.25, -0.2) is 9.31 Å². The maximum absolute atomic E-state index is 11.6. The highest BCUT2D eigenvalue weighted by molar-refractivity contribution is 9.10. The Kier molecular flexibility index (Phi) is 3.55. The number of carbonyl (C=O) groups is 1. The van der Waals surface area contributed by atoms with E-state index in [1.54, 1.807) is 6.20 Å². The lowest BCUT2D eigenvalue weighted by atomic mass is 10.1. The van der Waals surface area contributed by atoms with Gasteiger partial charge in [0.25, 0.3) is 0 Å². The fourth-order valence-electron chi connectivity index (χ4n) is 1.67. The number of carbonyl (C=O) groups excluding carboxylic acids is 1. The van der Waals surface area contributed by atoms with E-state index >= 15 is 0 Å². The van der Waals surface area contributed by atoms with E-state index in [9.17, 15) is 4.79 Å². The van der Waals surface area contributed by atoms with Crippen molar-refractivity contribution in [1.82, 2.24) is 9.61 Å². The first-order valence-electron chi connectivity index (χ1n) is 4.89. The van der Waals surface area contributed by atoms with Gasteiger partial charge in [0.2, 0.25) is 0 Å². The Morgan fingerprint density at radius 2 is 2.44 bits per heavy atom. The van der Waals surface area contributed by atoms with Crippen molar-refractivity contribution in [1.29, 1.82) is 5.26 Å². The minimum Gasteiger partial charge on any atom is -0.465 e. The molecule has 0 fully saturated rings. The van der Waals surface area contributed by atoms with Crippen molar-refractivity contribution in [3.05, 3.63) is 33.0 Å². The molecule has 2 rings (SSSR count). The lowest BCUT2D eigenvalue weighted by Crippen LogP contribution is -2.03. The van der Waals surface area contributed by atoms with Crippen LogP contribution in [0.5, 0.6) is 0 Å². The largest absolute Gasteiger partial charge is 0.465 e. The molecule has 0 aromatic carbocycles. The Morgan fingerprint density at radius 3 is 3.06 bits per heavy atom. The van der Waals surface area contributed by atoms with Gasteiger partial charge in [-0.2, -0.15) is 10.4 Å². The molecule has 0 unspecified atom stereocenters. The van der Waals surface area contributed by atoms with Gasteiger partial charge in [0.05, 0.1) is 40.8 Å². The number of fused-ring (bicyclic) bond motifs is 1. The molecule has 7 heteroatoms. The molecule has 92 valence electrons. The van der Waals surface area contributed by atoms with Gasteiger partial charge >= 0.3 is 5.97 Å². The maximum atomic E-state index is 11.6. The van der Waals surface area contributed by atoms with E-state index in [-0.39, 0.29) is 12.0 Å². The van der Waals surface area contributed by atoms with Crippen LogP contribution in [-0.4, -0.2) is 22.7 Å². The summed E-state index contributed by atoms with van der Waals surface area (Å²) >= 11 is 9.42. The monoisotopic (exact) mass is 327 g/mol. The molecule has 2 aromatic heterocycles. The predicted octanol–water partition coefficient (Wildman–Crippen LogP) is 2.60. The number of ether oxygens (including phenoxy) is 1. The molecule has 2 aromatic rings. The van der Waals surface area contributed by atoms with Crippen molar-refractivity contribution < 1.29 is 9.53 Å². The van der Waals surface area contributed by atoms with Crippen LogP contribution in [0, 0.1) is 11.3 Å². The van der Waals surface area contributed by atoms with E-state index in [1.165, 1.54) is 17.8 Å². The molecule has 0 atom stereocenters. The number of rotatable bonds is 2. The van der Waals surface area contributed by atoms with Crippen LogP contribution in [0.3, 0.4) is 0 Å². The quantitative estimate of drug-likeness (QED) is 0.795. The van der Waals surface area contributed by atoms with Crippen molar-refractivity contribution in [3.8, 4) is 6.07 Å². The van der Waals surface area contributed by atoms with E-state index < -0.39 is 5.97 Å². The van der Waals surface area contributed by atoms with E-state index in [0.29, 0.717) is 20.6 Å². The molecule has 0 N–H and O–H groups in total. The predicted molar refractivity (Wildman–Crippen MR) is 68.6 cm³/mol. The van der Waals surface area contributed by atoms with Gasteiger partial charge < -0.3 is 4.74 Å². The van der Waals surface area contributed by atoms with Gasteiger partial charge in [-0.1, -0.05) is 11.6 Å². The van der Waals surface area contributed by atoms with Crippen LogP contribution in [-0.2, 0) is 11.2 Å². The average Bonchev–Trinajstić information content (AvgIpc) is 2.77. The van der Waals surface area contributed by atoms with E-state index in [4.69, 9.17) is 16.9 Å². The maximum Gasteiger partial charge on any atom is 0.341 e. The van der Waals surface area contributed by atoms with Crippen LogP contribution in [0.1, 0.15) is 15.9 Å². The van der Waals surface area contributed by atoms with Crippen molar-refractivity contribution in [2.45, 2.75) is 6.42 Å². The Labute approximate surface area is 116 Å². The van der Waals surface area contributed by atoms with E-state index in [1.807, 2.05) is 6.07 Å². The summed E-state index contributed by atoms with van der Waals surface area (Å²) in [6.07, 6.45) is 3.10. The molecule has 5 nitrogen and oxygen atoms in total. The van der Waals surface area contributed by atoms with Crippen LogP contribution in [0.4, 0.5) is 0 Å². The van der Waals surface area contributed by atoms with Crippen molar-refractivity contribution >= 4 is 39.0 Å². The highest BCUT2D eigenvalue weighted by Crippen LogP contribution is 2.31. The number of nitriles is 1. The second kappa shape index (κ2) is 4.96. The van der Waals surface area contributed by atoms with E-state index in [2.05, 4.69) is 25.8 Å². The second-order valence-electron chi connectivity index (χ2n) is 3.45. The zero-order valence-electron chi connectivity index (χ0n) is 9.28. The van der Waals surface area contributed by atoms with Crippen molar-refractivity contribution in [2.24, 2.45) is 0 Å². The lowest BCUT2D eigenvalue weighted by Gasteiger charge is -2.07. The van der Waals surface area contributed by atoms with Crippen LogP contribution < -0.4 is 0 Å². The topological polar surface area (TPSA) is 67.4 Å². The molecular formula is C11H7BrClN3O2. The third-order valence-electron chi connectivity index (χ3n) is 2.45. The molecule has 2 heterocycles. The summed E-state index contributed by atoms with van der Waals surface area (Å²) in [5.74, 6) is -0.512. The molecule has 0 saturated carbocycles. The Hall–Kier alpha value is -1.58. The Balaban J connectivity index is 2.82. The minimum absolute atomic E-state index is 0.0808. The number of hydrogen-bond acceptors (Lipinski definition) is 4. The third-order valence-corrected chi connectivity index (χ3v) is 3.71. The molecule has 0 radical (unpaired) electrons. The number of pyridine rings is 1. The SMILES string of the molecule is COC(=O)c1cnn2cc(Br)c(Cl)c(CC#N)c12. The van der Waals surface area contributed by atoms with Gasteiger partial charge in [0.1, 0.15) is 5.56 Å². The number of methoxy groups -OCH3 is 1. The smallest absolute Gasteiger partial charge is 0.341 e. The first-order valence-corrected chi connectivity index (χ1v) is 6.06. The molecule has 0 saturated heterocycles. The fraction of sp³-hybridized carbons (Fsp3) is 0.182. The lowest BCUT2D eigenvalue weighted by molar-refractivity contribution is 0.0603. The summed E-state index contributed by atoms with van der Waals surface area (Å²) < 4.78 is 6.78. The number of aromatic nitrogens is 2. The Bertz CT molecular complexity index is 675. The highest BCUT2D eigenvalue weighted by Gasteiger charge is 2.19. The number of hydrogen-bond donors (Lipinski definition) is 0. The first-order chi connectivity index (χ1) is 8.60. The number of esters is 1. The van der Waals surface area contributed by atoms with Crippen molar-refractivity contribution in [3.63, 3.8) is 0 Å². The number of halogens is 2. The molecule has 0 bridgehead atoms. The van der Waals surface area contributed by atoms with Crippen LogP contribution >= 0.6 is 27.5 Å². The van der Waals surface area contributed by atoms with Gasteiger partial charge in [-0.3, -0.25) is 0 Å². The summed E-state index contributed by atoms with van der Waals surface area (Å²) in [7, 11) is 1.29. The summed E-state index contributed by atoms with van der Waals surface area (Å²) in [5.41, 5.74) is 1.33. The normalized spacial score (nSPS) is 10.3. The van der Waals surface area contributed by atoms with Gasteiger partial charge in [-0.15, -0.1) is 0 Å². The summed E-state index contributed by atoms with van der Waals surface area (Å²) in [4.78, 5) is 11.6. The van der Waals surface area contributed by atoms with Gasteiger partial charge in [-0.05, 0) is 15.9 Å².